The molecule has 1 saturated heterocycles. The van der Waals surface area contributed by atoms with Gasteiger partial charge in [-0.05, 0) is 60.5 Å². The van der Waals surface area contributed by atoms with Crippen LogP contribution in [0.4, 0.5) is 0 Å². The second-order valence-corrected chi connectivity index (χ2v) is 9.47. The van der Waals surface area contributed by atoms with E-state index in [1.54, 1.807) is 12.1 Å². The van der Waals surface area contributed by atoms with Crippen molar-refractivity contribution in [2.75, 3.05) is 20.1 Å². The molecule has 0 amide bonds. The molecule has 0 bridgehead atoms. The smallest absolute Gasteiger partial charge is 0.268 e. The van der Waals surface area contributed by atoms with Crippen LogP contribution in [0.2, 0.25) is 0 Å². The summed E-state index contributed by atoms with van der Waals surface area (Å²) in [6.07, 6.45) is 2.90. The van der Waals surface area contributed by atoms with Gasteiger partial charge in [-0.2, -0.15) is 0 Å². The molecule has 0 aliphatic carbocycles. The van der Waals surface area contributed by atoms with E-state index in [-0.39, 0.29) is 0 Å². The zero-order valence-corrected chi connectivity index (χ0v) is 16.6. The number of hydrogen-bond acceptors (Lipinski definition) is 3. The molecule has 1 aliphatic heterocycles. The molecular weight excluding hydrogens is 368 g/mol. The fraction of sp³-hybridized carbons (Fsp3) is 0.217. The van der Waals surface area contributed by atoms with Gasteiger partial charge < -0.3 is 4.90 Å². The summed E-state index contributed by atoms with van der Waals surface area (Å²) in [5.74, 6) is 0.364. The molecule has 3 aromatic carbocycles. The van der Waals surface area contributed by atoms with Gasteiger partial charge in [0.25, 0.3) is 10.0 Å². The highest BCUT2D eigenvalue weighted by atomic mass is 32.2. The molecule has 1 atom stereocenters. The van der Waals surface area contributed by atoms with Gasteiger partial charge in [0.2, 0.25) is 0 Å². The molecule has 28 heavy (non-hydrogen) atoms. The highest BCUT2D eigenvalue weighted by Crippen LogP contribution is 2.35. The molecule has 1 fully saturated rings. The van der Waals surface area contributed by atoms with E-state index < -0.39 is 10.0 Å². The number of hydrogen-bond donors (Lipinski definition) is 0. The van der Waals surface area contributed by atoms with Gasteiger partial charge in [0.15, 0.2) is 0 Å². The summed E-state index contributed by atoms with van der Waals surface area (Å²) < 4.78 is 28.5. The van der Waals surface area contributed by atoms with Gasteiger partial charge in [-0.1, -0.05) is 48.5 Å². The topological polar surface area (TPSA) is 42.3 Å². The minimum absolute atomic E-state index is 0.321. The van der Waals surface area contributed by atoms with Crippen molar-refractivity contribution in [1.82, 2.24) is 8.87 Å². The van der Waals surface area contributed by atoms with Gasteiger partial charge >= 0.3 is 0 Å². The van der Waals surface area contributed by atoms with Gasteiger partial charge in [-0.3, -0.25) is 0 Å². The predicted molar refractivity (Wildman–Crippen MR) is 113 cm³/mol. The molecule has 2 heterocycles. The van der Waals surface area contributed by atoms with Gasteiger partial charge in [-0.25, -0.2) is 12.4 Å². The highest BCUT2D eigenvalue weighted by molar-refractivity contribution is 7.90. The lowest BCUT2D eigenvalue weighted by atomic mass is 9.98. The van der Waals surface area contributed by atoms with Crippen LogP contribution in [0.25, 0.3) is 21.7 Å². The minimum atomic E-state index is -3.68. The zero-order chi connectivity index (χ0) is 19.3. The van der Waals surface area contributed by atoms with E-state index in [1.807, 2.05) is 60.8 Å². The molecule has 4 aromatic rings. The van der Waals surface area contributed by atoms with Gasteiger partial charge in [0.05, 0.1) is 10.4 Å². The molecule has 5 rings (SSSR count). The van der Waals surface area contributed by atoms with Crippen LogP contribution >= 0.6 is 0 Å². The van der Waals surface area contributed by atoms with Crippen LogP contribution in [-0.4, -0.2) is 37.4 Å². The third kappa shape index (κ3) is 2.74. The first-order valence-electron chi connectivity index (χ1n) is 9.57. The molecule has 142 valence electrons. The van der Waals surface area contributed by atoms with E-state index in [1.165, 1.54) is 3.97 Å². The summed E-state index contributed by atoms with van der Waals surface area (Å²) in [4.78, 5) is 2.62. The average molecular weight is 391 g/mol. The third-order valence-electron chi connectivity index (χ3n) is 5.82. The molecule has 5 heteroatoms. The number of nitrogens with zero attached hydrogens (tertiary/aromatic N) is 2. The van der Waals surface area contributed by atoms with E-state index in [2.05, 4.69) is 11.9 Å². The Kier molecular flexibility index (Phi) is 4.03. The lowest BCUT2D eigenvalue weighted by Crippen LogP contribution is -2.13. The Hall–Kier alpha value is -2.63. The minimum Gasteiger partial charge on any atom is -0.306 e. The fourth-order valence-electron chi connectivity index (χ4n) is 4.33. The predicted octanol–water partition coefficient (Wildman–Crippen LogP) is 4.45. The lowest BCUT2D eigenvalue weighted by molar-refractivity contribution is 0.412. The summed E-state index contributed by atoms with van der Waals surface area (Å²) in [5, 5.41) is 3.00. The van der Waals surface area contributed by atoms with Gasteiger partial charge in [-0.15, -0.1) is 0 Å². The Morgan fingerprint density at radius 3 is 2.46 bits per heavy atom. The summed E-state index contributed by atoms with van der Waals surface area (Å²) in [6, 6.07) is 21.0. The molecule has 0 spiro atoms. The largest absolute Gasteiger partial charge is 0.306 e. The first-order valence-corrected chi connectivity index (χ1v) is 11.0. The Labute approximate surface area is 165 Å². The molecule has 0 radical (unpaired) electrons. The number of likely N-dealkylation sites (N-methyl/N-ethyl adjacent to an activating group) is 1. The van der Waals surface area contributed by atoms with Crippen LogP contribution in [0.3, 0.4) is 0 Å². The summed E-state index contributed by atoms with van der Waals surface area (Å²) in [7, 11) is -1.56. The summed E-state index contributed by atoms with van der Waals surface area (Å²) in [6.45, 7) is 2.01. The average Bonchev–Trinajstić information content (AvgIpc) is 3.31. The Morgan fingerprint density at radius 1 is 0.929 bits per heavy atom. The van der Waals surface area contributed by atoms with Gasteiger partial charge in [0, 0.05) is 18.1 Å². The number of aromatic nitrogens is 1. The van der Waals surface area contributed by atoms with Crippen molar-refractivity contribution >= 4 is 31.7 Å². The number of fused-ring (bicyclic) bond motifs is 2. The Morgan fingerprint density at radius 2 is 1.68 bits per heavy atom. The van der Waals surface area contributed by atoms with Crippen LogP contribution in [0, 0.1) is 0 Å². The van der Waals surface area contributed by atoms with Crippen molar-refractivity contribution in [3.05, 3.63) is 78.5 Å². The van der Waals surface area contributed by atoms with Crippen LogP contribution in [0.5, 0.6) is 0 Å². The second kappa shape index (κ2) is 6.47. The normalized spacial score (nSPS) is 18.2. The first kappa shape index (κ1) is 17.5. The highest BCUT2D eigenvalue weighted by Gasteiger charge is 2.27. The SMILES string of the molecule is CN1CCC(c2cn(S(=O)(=O)c3ccc4ccccc4c3)c3ccccc23)C1. The number of likely N-dealkylation sites (tertiary alicyclic amines) is 1. The molecular formula is C23H22N2O2S. The Balaban J connectivity index is 1.69. The van der Waals surface area contributed by atoms with Crippen LogP contribution in [0.15, 0.2) is 77.8 Å². The maximum absolute atomic E-state index is 13.5. The van der Waals surface area contributed by atoms with Crippen molar-refractivity contribution in [2.45, 2.75) is 17.2 Å². The van der Waals surface area contributed by atoms with Crippen molar-refractivity contribution in [2.24, 2.45) is 0 Å². The van der Waals surface area contributed by atoms with Gasteiger partial charge in [0.1, 0.15) is 0 Å². The van der Waals surface area contributed by atoms with E-state index in [0.717, 1.165) is 46.7 Å². The van der Waals surface area contributed by atoms with Crippen LogP contribution in [0.1, 0.15) is 17.9 Å². The Bertz CT molecular complexity index is 1290. The van der Waals surface area contributed by atoms with Crippen LogP contribution < -0.4 is 0 Å². The fourth-order valence-corrected chi connectivity index (χ4v) is 5.74. The summed E-state index contributed by atoms with van der Waals surface area (Å²) in [5.41, 5.74) is 1.88. The number of rotatable bonds is 3. The van der Waals surface area contributed by atoms with Crippen LogP contribution in [-0.2, 0) is 10.0 Å². The molecule has 0 N–H and O–H groups in total. The molecule has 1 unspecified atom stereocenters. The number of benzene rings is 3. The zero-order valence-electron chi connectivity index (χ0n) is 15.7. The van der Waals surface area contributed by atoms with Crippen molar-refractivity contribution in [1.29, 1.82) is 0 Å². The second-order valence-electron chi connectivity index (χ2n) is 7.66. The van der Waals surface area contributed by atoms with Crippen molar-refractivity contribution in [3.63, 3.8) is 0 Å². The maximum atomic E-state index is 13.5. The third-order valence-corrected chi connectivity index (χ3v) is 7.49. The van der Waals surface area contributed by atoms with E-state index in [0.29, 0.717) is 10.8 Å². The maximum Gasteiger partial charge on any atom is 0.268 e. The monoisotopic (exact) mass is 390 g/mol. The van der Waals surface area contributed by atoms with E-state index >= 15 is 0 Å². The van der Waals surface area contributed by atoms with E-state index in [9.17, 15) is 8.42 Å². The first-order chi connectivity index (χ1) is 13.5. The quantitative estimate of drug-likeness (QED) is 0.519. The van der Waals surface area contributed by atoms with E-state index in [4.69, 9.17) is 0 Å². The molecule has 4 nitrogen and oxygen atoms in total. The van der Waals surface area contributed by atoms with Crippen molar-refractivity contribution in [3.8, 4) is 0 Å². The number of para-hydroxylation sites is 1. The van der Waals surface area contributed by atoms with Crippen molar-refractivity contribution < 1.29 is 8.42 Å². The lowest BCUT2D eigenvalue weighted by Gasteiger charge is -2.10. The standard InChI is InChI=1S/C23H22N2O2S/c1-24-13-12-19(15-24)22-16-25(23-9-5-4-8-21(22)23)28(26,27)20-11-10-17-6-2-3-7-18(17)14-20/h2-11,14,16,19H,12-13,15H2,1H3. The summed E-state index contributed by atoms with van der Waals surface area (Å²) >= 11 is 0. The molecule has 0 saturated carbocycles. The molecule has 1 aliphatic rings. The molecule has 1 aromatic heterocycles.